The maximum Gasteiger partial charge on any atom is 0.273 e. The van der Waals surface area contributed by atoms with Gasteiger partial charge in [0.05, 0.1) is 10.5 Å². The second-order valence-electron chi connectivity index (χ2n) is 7.18. The van der Waals surface area contributed by atoms with Crippen molar-refractivity contribution < 1.29 is 18.0 Å². The summed E-state index contributed by atoms with van der Waals surface area (Å²) in [4.78, 5) is 41.7. The molecule has 0 fully saturated rings. The molecule has 0 spiro atoms. The molecule has 12 heteroatoms. The summed E-state index contributed by atoms with van der Waals surface area (Å²) in [6, 6.07) is 15.8. The van der Waals surface area contributed by atoms with Crippen LogP contribution in [-0.2, 0) is 14.8 Å². The molecule has 178 valence electrons. The number of hydrogen-bond acceptors (Lipinski definition) is 7. The lowest BCUT2D eigenvalue weighted by atomic mass is 10.1. The number of aromatic nitrogens is 2. The Balaban J connectivity index is 1.57. The van der Waals surface area contributed by atoms with E-state index in [-0.39, 0.29) is 19.7 Å². The quantitative estimate of drug-likeness (QED) is 0.379. The van der Waals surface area contributed by atoms with Gasteiger partial charge < -0.3 is 5.32 Å². The molecular formula is C23H17ClN4O5S2. The number of benzene rings is 2. The average Bonchev–Trinajstić information content (AvgIpc) is 3.30. The molecular weight excluding hydrogens is 512 g/mol. The van der Waals surface area contributed by atoms with Crippen LogP contribution in [0.25, 0.3) is 5.69 Å². The molecule has 0 bridgehead atoms. The number of amides is 2. The Morgan fingerprint density at radius 3 is 2.34 bits per heavy atom. The van der Waals surface area contributed by atoms with Gasteiger partial charge in [0, 0.05) is 23.6 Å². The van der Waals surface area contributed by atoms with Crippen LogP contribution in [0.1, 0.15) is 22.0 Å². The Morgan fingerprint density at radius 1 is 1.00 bits per heavy atom. The SMILES string of the molecule is O=C(NC(C(=O)NS(=O)(=O)c1ccc(Cl)s1)c1ccccc1)c1ccc(-n2ccncc2=O)cc1. The molecule has 0 saturated heterocycles. The van der Waals surface area contributed by atoms with Gasteiger partial charge >= 0.3 is 0 Å². The predicted molar refractivity (Wildman–Crippen MR) is 131 cm³/mol. The first kappa shape index (κ1) is 24.3. The average molecular weight is 529 g/mol. The fourth-order valence-corrected chi connectivity index (χ4v) is 5.66. The van der Waals surface area contributed by atoms with Crippen LogP contribution < -0.4 is 15.6 Å². The molecule has 0 aliphatic heterocycles. The minimum atomic E-state index is -4.19. The van der Waals surface area contributed by atoms with Crippen LogP contribution in [0, 0.1) is 0 Å². The van der Waals surface area contributed by atoms with E-state index in [1.54, 1.807) is 42.5 Å². The molecule has 2 amide bonds. The van der Waals surface area contributed by atoms with Gasteiger partial charge in [0.1, 0.15) is 10.3 Å². The highest BCUT2D eigenvalue weighted by atomic mass is 35.5. The van der Waals surface area contributed by atoms with Crippen molar-refractivity contribution in [1.29, 1.82) is 0 Å². The third-order valence-corrected chi connectivity index (χ3v) is 7.92. The molecule has 2 N–H and O–H groups in total. The molecule has 1 unspecified atom stereocenters. The predicted octanol–water partition coefficient (Wildman–Crippen LogP) is 2.92. The maximum absolute atomic E-state index is 13.0. The van der Waals surface area contributed by atoms with Crippen molar-refractivity contribution in [3.8, 4) is 5.69 Å². The van der Waals surface area contributed by atoms with Crippen LogP contribution in [-0.4, -0.2) is 29.8 Å². The van der Waals surface area contributed by atoms with Gasteiger partial charge in [-0.05, 0) is 42.0 Å². The number of carbonyl (C=O) groups excluding carboxylic acids is 2. The van der Waals surface area contributed by atoms with Gasteiger partial charge in [0.15, 0.2) is 0 Å². The van der Waals surface area contributed by atoms with E-state index in [1.807, 2.05) is 4.72 Å². The van der Waals surface area contributed by atoms with Crippen molar-refractivity contribution in [2.75, 3.05) is 0 Å². The smallest absolute Gasteiger partial charge is 0.273 e. The first-order valence-corrected chi connectivity index (χ1v) is 12.7. The van der Waals surface area contributed by atoms with Crippen LogP contribution in [0.2, 0.25) is 4.34 Å². The Kier molecular flexibility index (Phi) is 7.10. The monoisotopic (exact) mass is 528 g/mol. The molecule has 4 rings (SSSR count). The lowest BCUT2D eigenvalue weighted by Crippen LogP contribution is -2.42. The van der Waals surface area contributed by atoms with Gasteiger partial charge in [-0.2, -0.15) is 0 Å². The zero-order valence-corrected chi connectivity index (χ0v) is 20.2. The van der Waals surface area contributed by atoms with Gasteiger partial charge in [0.2, 0.25) is 0 Å². The second-order valence-corrected chi connectivity index (χ2v) is 10.8. The molecule has 2 heterocycles. The van der Waals surface area contributed by atoms with Crippen molar-refractivity contribution in [3.05, 3.63) is 111 Å². The van der Waals surface area contributed by atoms with Crippen LogP contribution >= 0.6 is 22.9 Å². The number of thiophene rings is 1. The minimum absolute atomic E-state index is 0.129. The largest absolute Gasteiger partial charge is 0.336 e. The fourth-order valence-electron chi connectivity index (χ4n) is 3.18. The number of sulfonamides is 1. The van der Waals surface area contributed by atoms with Gasteiger partial charge in [-0.3, -0.25) is 23.9 Å². The molecule has 4 aromatic rings. The molecule has 0 saturated carbocycles. The second kappa shape index (κ2) is 10.2. The molecule has 2 aromatic carbocycles. The fraction of sp³-hybridized carbons (Fsp3) is 0.0435. The Bertz CT molecular complexity index is 1530. The van der Waals surface area contributed by atoms with Crippen LogP contribution in [0.3, 0.4) is 0 Å². The molecule has 9 nitrogen and oxygen atoms in total. The minimum Gasteiger partial charge on any atom is -0.336 e. The Labute approximate surface area is 209 Å². The molecule has 0 radical (unpaired) electrons. The van der Waals surface area contributed by atoms with Crippen molar-refractivity contribution in [3.63, 3.8) is 0 Å². The van der Waals surface area contributed by atoms with E-state index in [2.05, 4.69) is 10.3 Å². The van der Waals surface area contributed by atoms with Crippen LogP contribution in [0.4, 0.5) is 0 Å². The number of hydrogen-bond donors (Lipinski definition) is 2. The summed E-state index contributed by atoms with van der Waals surface area (Å²) in [5, 5.41) is 2.58. The third-order valence-electron chi connectivity index (χ3n) is 4.85. The van der Waals surface area contributed by atoms with Crippen molar-refractivity contribution in [1.82, 2.24) is 19.6 Å². The van der Waals surface area contributed by atoms with Crippen LogP contribution in [0.5, 0.6) is 0 Å². The highest BCUT2D eigenvalue weighted by molar-refractivity contribution is 7.92. The first-order chi connectivity index (χ1) is 16.7. The van der Waals surface area contributed by atoms with Crippen molar-refractivity contribution in [2.24, 2.45) is 0 Å². The molecule has 1 atom stereocenters. The summed E-state index contributed by atoms with van der Waals surface area (Å²) < 4.78 is 28.7. The molecule has 2 aromatic heterocycles. The number of halogens is 1. The standard InChI is InChI=1S/C23H17ClN4O5S2/c24-18-10-11-20(34-18)35(32,33)27-23(31)21(15-4-2-1-3-5-15)26-22(30)16-6-8-17(9-7-16)28-13-12-25-14-19(28)29/h1-14,21H,(H,26,30)(H,27,31). The zero-order valence-electron chi connectivity index (χ0n) is 17.8. The van der Waals surface area contributed by atoms with Gasteiger partial charge in [-0.1, -0.05) is 41.9 Å². The van der Waals surface area contributed by atoms with E-state index < -0.39 is 27.9 Å². The van der Waals surface area contributed by atoms with E-state index in [1.165, 1.54) is 47.4 Å². The Hall–Kier alpha value is -3.80. The number of carbonyl (C=O) groups is 2. The maximum atomic E-state index is 13.0. The summed E-state index contributed by atoms with van der Waals surface area (Å²) in [5.74, 6) is -1.55. The van der Waals surface area contributed by atoms with Crippen LogP contribution in [0.15, 0.2) is 94.3 Å². The lowest BCUT2D eigenvalue weighted by Gasteiger charge is -2.19. The topological polar surface area (TPSA) is 127 Å². The summed E-state index contributed by atoms with van der Waals surface area (Å²) in [5.41, 5.74) is 0.779. The van der Waals surface area contributed by atoms with Gasteiger partial charge in [-0.15, -0.1) is 11.3 Å². The first-order valence-electron chi connectivity index (χ1n) is 10.1. The summed E-state index contributed by atoms with van der Waals surface area (Å²) in [6.07, 6.45) is 4.12. The number of nitrogens with zero attached hydrogens (tertiary/aromatic N) is 2. The molecule has 0 aliphatic carbocycles. The summed E-state index contributed by atoms with van der Waals surface area (Å²) in [7, 11) is -4.19. The summed E-state index contributed by atoms with van der Waals surface area (Å²) in [6.45, 7) is 0. The van der Waals surface area contributed by atoms with E-state index >= 15 is 0 Å². The normalized spacial score (nSPS) is 12.0. The molecule has 35 heavy (non-hydrogen) atoms. The molecule has 0 aliphatic rings. The highest BCUT2D eigenvalue weighted by Crippen LogP contribution is 2.26. The van der Waals surface area contributed by atoms with E-state index in [9.17, 15) is 22.8 Å². The Morgan fingerprint density at radius 2 is 1.71 bits per heavy atom. The lowest BCUT2D eigenvalue weighted by molar-refractivity contribution is -0.121. The van der Waals surface area contributed by atoms with Crippen molar-refractivity contribution in [2.45, 2.75) is 10.3 Å². The van der Waals surface area contributed by atoms with E-state index in [0.29, 0.717) is 11.3 Å². The third kappa shape index (κ3) is 5.65. The zero-order chi connectivity index (χ0) is 25.0. The number of nitrogens with one attached hydrogen (secondary N) is 2. The number of rotatable bonds is 7. The van der Waals surface area contributed by atoms with E-state index in [4.69, 9.17) is 11.6 Å². The highest BCUT2D eigenvalue weighted by Gasteiger charge is 2.28. The van der Waals surface area contributed by atoms with Gasteiger partial charge in [-0.25, -0.2) is 13.1 Å². The summed E-state index contributed by atoms with van der Waals surface area (Å²) >= 11 is 6.62. The van der Waals surface area contributed by atoms with Crippen molar-refractivity contribution >= 4 is 44.8 Å². The van der Waals surface area contributed by atoms with E-state index in [0.717, 1.165) is 11.3 Å². The van der Waals surface area contributed by atoms with Gasteiger partial charge in [0.25, 0.3) is 27.4 Å².